The third-order valence-electron chi connectivity index (χ3n) is 6.50. The third kappa shape index (κ3) is 7.11. The first-order chi connectivity index (χ1) is 14.9. The number of nitrogens with zero attached hydrogens (tertiary/aromatic N) is 1. The zero-order chi connectivity index (χ0) is 20.9. The van der Waals surface area contributed by atoms with Crippen LogP contribution in [0.5, 0.6) is 0 Å². The highest BCUT2D eigenvalue weighted by atomic mass is 15.0. The highest BCUT2D eigenvalue weighted by Gasteiger charge is 2.13. The van der Waals surface area contributed by atoms with E-state index in [-0.39, 0.29) is 0 Å². The first-order valence-electron chi connectivity index (χ1n) is 12.7. The number of fused-ring (bicyclic) bond motifs is 2. The van der Waals surface area contributed by atoms with E-state index in [4.69, 9.17) is 0 Å². The Morgan fingerprint density at radius 2 is 0.900 bits per heavy atom. The van der Waals surface area contributed by atoms with Gasteiger partial charge >= 0.3 is 0 Å². The van der Waals surface area contributed by atoms with Crippen molar-refractivity contribution in [2.45, 2.75) is 103 Å². The molecule has 0 amide bonds. The van der Waals surface area contributed by atoms with Crippen LogP contribution in [0, 0.1) is 0 Å². The van der Waals surface area contributed by atoms with Crippen molar-refractivity contribution in [3.05, 3.63) is 54.6 Å². The fourth-order valence-electron chi connectivity index (χ4n) is 4.71. The van der Waals surface area contributed by atoms with Crippen molar-refractivity contribution in [3.8, 4) is 0 Å². The van der Waals surface area contributed by atoms with Gasteiger partial charge in [0.05, 0.1) is 0 Å². The number of aryl methyl sites for hydroxylation is 1. The molecule has 1 heterocycles. The van der Waals surface area contributed by atoms with Gasteiger partial charge in [-0.2, -0.15) is 4.57 Å². The van der Waals surface area contributed by atoms with Gasteiger partial charge in [0.25, 0.3) is 0 Å². The second-order valence-corrected chi connectivity index (χ2v) is 9.01. The predicted octanol–water partition coefficient (Wildman–Crippen LogP) is 8.76. The summed E-state index contributed by atoms with van der Waals surface area (Å²) in [6, 6.07) is 20.0. The predicted molar refractivity (Wildman–Crippen MR) is 132 cm³/mol. The molecule has 0 radical (unpaired) electrons. The maximum Gasteiger partial charge on any atom is 0.212 e. The molecule has 0 fully saturated rings. The Kier molecular flexibility index (Phi) is 10.2. The van der Waals surface area contributed by atoms with Crippen molar-refractivity contribution in [1.82, 2.24) is 0 Å². The van der Waals surface area contributed by atoms with Gasteiger partial charge in [0, 0.05) is 29.3 Å². The van der Waals surface area contributed by atoms with Gasteiger partial charge in [0.2, 0.25) is 11.0 Å². The van der Waals surface area contributed by atoms with Crippen LogP contribution in [0.25, 0.3) is 21.8 Å². The summed E-state index contributed by atoms with van der Waals surface area (Å²) in [5.41, 5.74) is 2.73. The van der Waals surface area contributed by atoms with E-state index in [1.54, 1.807) is 0 Å². The van der Waals surface area contributed by atoms with Gasteiger partial charge in [0.1, 0.15) is 6.54 Å². The fourth-order valence-corrected chi connectivity index (χ4v) is 4.71. The summed E-state index contributed by atoms with van der Waals surface area (Å²) in [7, 11) is 0. The van der Waals surface area contributed by atoms with Crippen LogP contribution in [0.2, 0.25) is 0 Å². The number of hydrogen-bond donors (Lipinski definition) is 0. The summed E-state index contributed by atoms with van der Waals surface area (Å²) in [4.78, 5) is 0. The van der Waals surface area contributed by atoms with Crippen LogP contribution in [-0.4, -0.2) is 0 Å². The van der Waals surface area contributed by atoms with Crippen molar-refractivity contribution >= 4 is 21.8 Å². The smallest absolute Gasteiger partial charge is 0.191 e. The summed E-state index contributed by atoms with van der Waals surface area (Å²) in [5.74, 6) is 0. The van der Waals surface area contributed by atoms with Crippen molar-refractivity contribution in [2.24, 2.45) is 0 Å². The zero-order valence-electron chi connectivity index (χ0n) is 19.2. The van der Waals surface area contributed by atoms with Crippen LogP contribution in [0.15, 0.2) is 54.6 Å². The number of rotatable bonds is 15. The summed E-state index contributed by atoms with van der Waals surface area (Å²) in [6.07, 6.45) is 19.8. The summed E-state index contributed by atoms with van der Waals surface area (Å²) >= 11 is 0. The quantitative estimate of drug-likeness (QED) is 0.135. The van der Waals surface area contributed by atoms with Crippen molar-refractivity contribution in [3.63, 3.8) is 0 Å². The maximum absolute atomic E-state index is 2.53. The molecule has 0 unspecified atom stereocenters. The summed E-state index contributed by atoms with van der Waals surface area (Å²) in [6.45, 7) is 3.42. The molecule has 1 aromatic heterocycles. The number of para-hydroxylation sites is 2. The highest BCUT2D eigenvalue weighted by Crippen LogP contribution is 2.18. The molecule has 0 aliphatic carbocycles. The Bertz CT molecular complexity index is 813. The Balaban J connectivity index is 1.32. The number of benzene rings is 2. The van der Waals surface area contributed by atoms with Crippen LogP contribution >= 0.6 is 0 Å². The maximum atomic E-state index is 2.53. The molecular formula is C29H42N+. The van der Waals surface area contributed by atoms with E-state index in [1.807, 2.05) is 0 Å². The molecule has 2 aromatic carbocycles. The monoisotopic (exact) mass is 404 g/mol. The van der Waals surface area contributed by atoms with Crippen LogP contribution < -0.4 is 4.57 Å². The van der Waals surface area contributed by atoms with E-state index in [2.05, 4.69) is 66.1 Å². The number of pyridine rings is 1. The minimum absolute atomic E-state index is 1.12. The summed E-state index contributed by atoms with van der Waals surface area (Å²) in [5, 5.41) is 2.70. The van der Waals surface area contributed by atoms with Crippen LogP contribution in [-0.2, 0) is 6.54 Å². The van der Waals surface area contributed by atoms with E-state index in [9.17, 15) is 0 Å². The first-order valence-corrected chi connectivity index (χ1v) is 12.7. The van der Waals surface area contributed by atoms with Crippen molar-refractivity contribution < 1.29 is 4.57 Å². The molecule has 30 heavy (non-hydrogen) atoms. The standard InChI is InChI=1S/C29H42N/c1-2-3-4-5-6-7-8-9-10-11-12-13-14-19-24-30-28-22-17-15-20-26(28)25-27-21-16-18-23-29(27)30/h15-18,20-23,25H,2-14,19,24H2,1H3/q+1. The lowest BCUT2D eigenvalue weighted by molar-refractivity contribution is -0.645. The minimum atomic E-state index is 1.12. The Morgan fingerprint density at radius 1 is 0.500 bits per heavy atom. The first kappa shape index (κ1) is 22.8. The van der Waals surface area contributed by atoms with Gasteiger partial charge in [-0.15, -0.1) is 0 Å². The molecule has 3 aromatic rings. The number of unbranched alkanes of at least 4 members (excludes halogenated alkanes) is 13. The lowest BCUT2D eigenvalue weighted by Crippen LogP contribution is -2.35. The van der Waals surface area contributed by atoms with Crippen LogP contribution in [0.3, 0.4) is 0 Å². The molecule has 1 heteroatoms. The molecule has 0 spiro atoms. The molecule has 0 N–H and O–H groups in total. The number of hydrogen-bond acceptors (Lipinski definition) is 0. The topological polar surface area (TPSA) is 3.88 Å². The Hall–Kier alpha value is -1.89. The second kappa shape index (κ2) is 13.4. The van der Waals surface area contributed by atoms with E-state index in [0.717, 1.165) is 6.54 Å². The van der Waals surface area contributed by atoms with Gasteiger partial charge in [-0.05, 0) is 24.6 Å². The van der Waals surface area contributed by atoms with Crippen LogP contribution in [0.1, 0.15) is 96.8 Å². The van der Waals surface area contributed by atoms with E-state index < -0.39 is 0 Å². The lowest BCUT2D eigenvalue weighted by Gasteiger charge is -2.06. The van der Waals surface area contributed by atoms with Crippen LogP contribution in [0.4, 0.5) is 0 Å². The number of aromatic nitrogens is 1. The summed E-state index contributed by atoms with van der Waals surface area (Å²) < 4.78 is 2.53. The van der Waals surface area contributed by atoms with E-state index in [1.165, 1.54) is 112 Å². The van der Waals surface area contributed by atoms with Gasteiger partial charge in [0.15, 0.2) is 0 Å². The van der Waals surface area contributed by atoms with E-state index >= 15 is 0 Å². The van der Waals surface area contributed by atoms with E-state index in [0.29, 0.717) is 0 Å². The van der Waals surface area contributed by atoms with Gasteiger partial charge in [-0.25, -0.2) is 0 Å². The molecule has 0 aliphatic heterocycles. The minimum Gasteiger partial charge on any atom is -0.191 e. The van der Waals surface area contributed by atoms with Gasteiger partial charge in [-0.3, -0.25) is 0 Å². The third-order valence-corrected chi connectivity index (χ3v) is 6.50. The highest BCUT2D eigenvalue weighted by molar-refractivity contribution is 5.88. The molecule has 1 nitrogen and oxygen atoms in total. The average molecular weight is 405 g/mol. The second-order valence-electron chi connectivity index (χ2n) is 9.01. The fraction of sp³-hybridized carbons (Fsp3) is 0.552. The molecule has 0 saturated heterocycles. The largest absolute Gasteiger partial charge is 0.212 e. The molecule has 0 aliphatic rings. The normalized spacial score (nSPS) is 11.5. The Labute approximate surface area is 184 Å². The lowest BCUT2D eigenvalue weighted by atomic mass is 10.0. The van der Waals surface area contributed by atoms with Gasteiger partial charge in [-0.1, -0.05) is 108 Å². The SMILES string of the molecule is CCCCCCCCCCCCCCCC[n+]1c2ccccc2cc2ccccc21. The molecule has 0 saturated carbocycles. The molecular weight excluding hydrogens is 362 g/mol. The van der Waals surface area contributed by atoms with Gasteiger partial charge < -0.3 is 0 Å². The zero-order valence-corrected chi connectivity index (χ0v) is 19.2. The average Bonchev–Trinajstić information content (AvgIpc) is 2.78. The van der Waals surface area contributed by atoms with Crippen molar-refractivity contribution in [1.29, 1.82) is 0 Å². The van der Waals surface area contributed by atoms with Crippen molar-refractivity contribution in [2.75, 3.05) is 0 Å². The molecule has 162 valence electrons. The molecule has 0 atom stereocenters. The molecule has 3 rings (SSSR count). The molecule has 0 bridgehead atoms. The Morgan fingerprint density at radius 3 is 1.37 bits per heavy atom.